The minimum Gasteiger partial charge on any atom is -0.494 e. The molecular weight excluding hydrogens is 384 g/mol. The molecule has 0 aliphatic carbocycles. The number of aliphatic imine (C=N–C) groups is 1. The summed E-state index contributed by atoms with van der Waals surface area (Å²) in [7, 11) is 0. The van der Waals surface area contributed by atoms with Crippen molar-refractivity contribution in [2.24, 2.45) is 4.99 Å². The lowest BCUT2D eigenvalue weighted by molar-refractivity contribution is 0.212. The molecule has 2 atom stereocenters. The van der Waals surface area contributed by atoms with Crippen LogP contribution in [0, 0.1) is 18.6 Å². The summed E-state index contributed by atoms with van der Waals surface area (Å²) in [6.07, 6.45) is -0.325. The molecule has 30 heavy (non-hydrogen) atoms. The average molecular weight is 407 g/mol. The van der Waals surface area contributed by atoms with Crippen LogP contribution in [-0.2, 0) is 4.74 Å². The van der Waals surface area contributed by atoms with E-state index >= 15 is 0 Å². The zero-order valence-corrected chi connectivity index (χ0v) is 17.2. The molecular formula is C25H23F2NO2. The van der Waals surface area contributed by atoms with E-state index in [2.05, 4.69) is 11.1 Å². The Morgan fingerprint density at radius 1 is 0.967 bits per heavy atom. The van der Waals surface area contributed by atoms with Crippen LogP contribution in [0.25, 0.3) is 11.1 Å². The lowest BCUT2D eigenvalue weighted by Gasteiger charge is -2.16. The maximum absolute atomic E-state index is 14.1. The summed E-state index contributed by atoms with van der Waals surface area (Å²) < 4.78 is 39.5. The number of hydrogen-bond donors (Lipinski definition) is 0. The van der Waals surface area contributed by atoms with Gasteiger partial charge in [-0.05, 0) is 67.3 Å². The number of rotatable bonds is 5. The summed E-state index contributed by atoms with van der Waals surface area (Å²) in [5.41, 5.74) is 3.97. The van der Waals surface area contributed by atoms with Crippen LogP contribution in [0.15, 0.2) is 65.7 Å². The molecule has 1 heterocycles. The van der Waals surface area contributed by atoms with Crippen molar-refractivity contribution in [1.82, 2.24) is 0 Å². The molecule has 0 unspecified atom stereocenters. The van der Waals surface area contributed by atoms with Crippen molar-refractivity contribution in [2.75, 3.05) is 6.61 Å². The molecule has 154 valence electrons. The summed E-state index contributed by atoms with van der Waals surface area (Å²) in [5.74, 6) is -0.500. The Balaban J connectivity index is 1.63. The fourth-order valence-electron chi connectivity index (χ4n) is 3.75. The minimum atomic E-state index is -0.677. The molecule has 0 bridgehead atoms. The highest BCUT2D eigenvalue weighted by Gasteiger charge is 2.32. The smallest absolute Gasteiger partial charge is 0.223 e. The Kier molecular flexibility index (Phi) is 5.53. The van der Waals surface area contributed by atoms with Crippen LogP contribution in [-0.4, -0.2) is 18.6 Å². The first-order valence-electron chi connectivity index (χ1n) is 10.0. The molecule has 3 aromatic rings. The standard InChI is InChI=1S/C25H23F2NO2/c1-4-29-19-11-8-17(9-12-19)18-10-13-20(15(2)14-18)24-16(3)30-25(28-24)23-21(26)6-5-7-22(23)27/h5-14,16,24H,4H2,1-3H3/t16-,24-/m1/s1. The van der Waals surface area contributed by atoms with Gasteiger partial charge in [0, 0.05) is 0 Å². The molecule has 0 aromatic heterocycles. The third kappa shape index (κ3) is 3.80. The van der Waals surface area contributed by atoms with Crippen LogP contribution in [0.1, 0.15) is 36.6 Å². The molecule has 5 heteroatoms. The normalized spacial score (nSPS) is 18.1. The summed E-state index contributed by atoms with van der Waals surface area (Å²) >= 11 is 0. The first-order valence-corrected chi connectivity index (χ1v) is 10.0. The molecule has 0 N–H and O–H groups in total. The lowest BCUT2D eigenvalue weighted by atomic mass is 9.94. The van der Waals surface area contributed by atoms with E-state index in [4.69, 9.17) is 9.47 Å². The van der Waals surface area contributed by atoms with E-state index in [0.717, 1.165) is 28.0 Å². The van der Waals surface area contributed by atoms with Gasteiger partial charge in [0.05, 0.1) is 6.61 Å². The number of hydrogen-bond acceptors (Lipinski definition) is 3. The Hall–Kier alpha value is -3.21. The predicted octanol–water partition coefficient (Wildman–Crippen LogP) is 6.25. The Labute approximate surface area is 175 Å². The van der Waals surface area contributed by atoms with E-state index in [9.17, 15) is 8.78 Å². The molecule has 4 rings (SSSR count). The second kappa shape index (κ2) is 8.27. The second-order valence-corrected chi connectivity index (χ2v) is 7.33. The van der Waals surface area contributed by atoms with E-state index in [-0.39, 0.29) is 23.6 Å². The molecule has 0 amide bonds. The van der Waals surface area contributed by atoms with E-state index in [1.54, 1.807) is 0 Å². The Bertz CT molecular complexity index is 1070. The average Bonchev–Trinajstić information content (AvgIpc) is 3.09. The summed E-state index contributed by atoms with van der Waals surface area (Å²) in [6.45, 7) is 6.46. The highest BCUT2D eigenvalue weighted by Crippen LogP contribution is 2.35. The van der Waals surface area contributed by atoms with Crippen molar-refractivity contribution in [2.45, 2.75) is 32.9 Å². The minimum absolute atomic E-state index is 0.0121. The molecule has 1 aliphatic rings. The first-order chi connectivity index (χ1) is 14.5. The number of nitrogens with zero attached hydrogens (tertiary/aromatic N) is 1. The number of benzene rings is 3. The van der Waals surface area contributed by atoms with Gasteiger partial charge in [-0.25, -0.2) is 13.8 Å². The van der Waals surface area contributed by atoms with Crippen molar-refractivity contribution in [3.8, 4) is 16.9 Å². The van der Waals surface area contributed by atoms with Crippen LogP contribution in [0.3, 0.4) is 0 Å². The van der Waals surface area contributed by atoms with Crippen LogP contribution >= 0.6 is 0 Å². The van der Waals surface area contributed by atoms with E-state index in [0.29, 0.717) is 6.61 Å². The SMILES string of the molecule is CCOc1ccc(-c2ccc([C@@H]3N=C(c4c(F)cccc4F)O[C@@H]3C)c(C)c2)cc1. The zero-order valence-electron chi connectivity index (χ0n) is 17.2. The fourth-order valence-corrected chi connectivity index (χ4v) is 3.75. The highest BCUT2D eigenvalue weighted by atomic mass is 19.1. The molecule has 0 fully saturated rings. The molecule has 1 aliphatic heterocycles. The van der Waals surface area contributed by atoms with Gasteiger partial charge in [0.1, 0.15) is 35.1 Å². The van der Waals surface area contributed by atoms with Gasteiger partial charge in [0.2, 0.25) is 5.90 Å². The first kappa shape index (κ1) is 20.1. The summed E-state index contributed by atoms with van der Waals surface area (Å²) in [6, 6.07) is 17.5. The Morgan fingerprint density at radius 2 is 1.63 bits per heavy atom. The number of aryl methyl sites for hydroxylation is 1. The van der Waals surface area contributed by atoms with E-state index < -0.39 is 11.6 Å². The quantitative estimate of drug-likeness (QED) is 0.501. The van der Waals surface area contributed by atoms with Gasteiger partial charge >= 0.3 is 0 Å². The third-order valence-corrected chi connectivity index (χ3v) is 5.26. The Morgan fingerprint density at radius 3 is 2.27 bits per heavy atom. The van der Waals surface area contributed by atoms with Crippen molar-refractivity contribution in [3.05, 3.63) is 89.0 Å². The predicted molar refractivity (Wildman–Crippen MR) is 114 cm³/mol. The van der Waals surface area contributed by atoms with Gasteiger partial charge in [0.15, 0.2) is 0 Å². The van der Waals surface area contributed by atoms with Crippen LogP contribution in [0.5, 0.6) is 5.75 Å². The second-order valence-electron chi connectivity index (χ2n) is 7.33. The van der Waals surface area contributed by atoms with Gasteiger partial charge in [-0.15, -0.1) is 0 Å². The monoisotopic (exact) mass is 407 g/mol. The molecule has 3 aromatic carbocycles. The molecule has 0 spiro atoms. The van der Waals surface area contributed by atoms with Crippen molar-refractivity contribution >= 4 is 5.90 Å². The molecule has 0 saturated heterocycles. The summed E-state index contributed by atoms with van der Waals surface area (Å²) in [4.78, 5) is 4.52. The topological polar surface area (TPSA) is 30.8 Å². The van der Waals surface area contributed by atoms with Crippen LogP contribution in [0.2, 0.25) is 0 Å². The molecule has 0 radical (unpaired) electrons. The van der Waals surface area contributed by atoms with Gasteiger partial charge in [-0.1, -0.05) is 36.4 Å². The molecule has 0 saturated carbocycles. The largest absolute Gasteiger partial charge is 0.494 e. The van der Waals surface area contributed by atoms with Gasteiger partial charge < -0.3 is 9.47 Å². The fraction of sp³-hybridized carbons (Fsp3) is 0.240. The summed E-state index contributed by atoms with van der Waals surface area (Å²) in [5, 5.41) is 0. The van der Waals surface area contributed by atoms with Gasteiger partial charge in [0.25, 0.3) is 0 Å². The van der Waals surface area contributed by atoms with Gasteiger partial charge in [-0.3, -0.25) is 0 Å². The van der Waals surface area contributed by atoms with Crippen molar-refractivity contribution in [1.29, 1.82) is 0 Å². The highest BCUT2D eigenvalue weighted by molar-refractivity contribution is 5.96. The maximum Gasteiger partial charge on any atom is 0.223 e. The molecule has 3 nitrogen and oxygen atoms in total. The van der Waals surface area contributed by atoms with Gasteiger partial charge in [-0.2, -0.15) is 0 Å². The van der Waals surface area contributed by atoms with Crippen LogP contribution in [0.4, 0.5) is 8.78 Å². The number of ether oxygens (including phenoxy) is 2. The maximum atomic E-state index is 14.1. The zero-order chi connectivity index (χ0) is 21.3. The van der Waals surface area contributed by atoms with E-state index in [1.807, 2.05) is 57.2 Å². The van der Waals surface area contributed by atoms with E-state index in [1.165, 1.54) is 18.2 Å². The van der Waals surface area contributed by atoms with Crippen molar-refractivity contribution < 1.29 is 18.3 Å². The lowest BCUT2D eigenvalue weighted by Crippen LogP contribution is -2.14. The van der Waals surface area contributed by atoms with Crippen molar-refractivity contribution in [3.63, 3.8) is 0 Å². The van der Waals surface area contributed by atoms with Crippen LogP contribution < -0.4 is 4.74 Å². The third-order valence-electron chi connectivity index (χ3n) is 5.26. The number of halogens is 2.